The third-order valence-electron chi connectivity index (χ3n) is 4.03. The number of nitrogens with zero attached hydrogens (tertiary/aromatic N) is 1. The van der Waals surface area contributed by atoms with Crippen molar-refractivity contribution in [1.82, 2.24) is 10.3 Å². The summed E-state index contributed by atoms with van der Waals surface area (Å²) in [4.78, 5) is 16.3. The van der Waals surface area contributed by atoms with Gasteiger partial charge in [-0.2, -0.15) is 13.2 Å². The number of hydrogen-bond acceptors (Lipinski definition) is 3. The third kappa shape index (κ3) is 5.33. The number of anilines is 2. The molecule has 0 saturated carbocycles. The zero-order valence-electron chi connectivity index (χ0n) is 14.8. The van der Waals surface area contributed by atoms with Crippen LogP contribution < -0.4 is 10.6 Å². The van der Waals surface area contributed by atoms with E-state index in [1.165, 1.54) is 18.3 Å². The highest BCUT2D eigenvalue weighted by Gasteiger charge is 2.30. The molecule has 2 aromatic carbocycles. The Balaban J connectivity index is 1.56. The fourth-order valence-corrected chi connectivity index (χ4v) is 2.59. The van der Waals surface area contributed by atoms with E-state index in [2.05, 4.69) is 15.6 Å². The molecule has 1 amide bonds. The van der Waals surface area contributed by atoms with E-state index in [0.29, 0.717) is 17.9 Å². The van der Waals surface area contributed by atoms with Crippen molar-refractivity contribution in [1.29, 1.82) is 0 Å². The fourth-order valence-electron chi connectivity index (χ4n) is 2.59. The number of alkyl halides is 3. The van der Waals surface area contributed by atoms with Crippen LogP contribution in [-0.4, -0.2) is 17.4 Å². The van der Waals surface area contributed by atoms with Gasteiger partial charge in [0.25, 0.3) is 5.91 Å². The van der Waals surface area contributed by atoms with E-state index in [9.17, 15) is 18.0 Å². The lowest BCUT2D eigenvalue weighted by Crippen LogP contribution is -2.25. The molecule has 28 heavy (non-hydrogen) atoms. The predicted molar refractivity (Wildman–Crippen MR) is 101 cm³/mol. The number of nitrogens with one attached hydrogen (secondary N) is 2. The molecule has 1 heterocycles. The first-order valence-electron chi connectivity index (χ1n) is 8.64. The van der Waals surface area contributed by atoms with Crippen molar-refractivity contribution in [3.8, 4) is 0 Å². The number of carbonyl (C=O) groups is 1. The number of pyridine rings is 1. The van der Waals surface area contributed by atoms with Crippen molar-refractivity contribution in [3.63, 3.8) is 0 Å². The zero-order valence-corrected chi connectivity index (χ0v) is 14.8. The minimum Gasteiger partial charge on any atom is -0.352 e. The molecule has 3 aromatic rings. The van der Waals surface area contributed by atoms with E-state index in [-0.39, 0.29) is 11.6 Å². The van der Waals surface area contributed by atoms with Crippen molar-refractivity contribution >= 4 is 17.4 Å². The van der Waals surface area contributed by atoms with Gasteiger partial charge in [0.15, 0.2) is 0 Å². The highest BCUT2D eigenvalue weighted by Crippen LogP contribution is 2.31. The van der Waals surface area contributed by atoms with E-state index in [0.717, 1.165) is 24.1 Å². The van der Waals surface area contributed by atoms with Crippen molar-refractivity contribution in [2.45, 2.75) is 12.6 Å². The average molecular weight is 385 g/mol. The summed E-state index contributed by atoms with van der Waals surface area (Å²) in [6, 6.07) is 17.8. The lowest BCUT2D eigenvalue weighted by atomic mass is 10.1. The van der Waals surface area contributed by atoms with Crippen LogP contribution >= 0.6 is 0 Å². The van der Waals surface area contributed by atoms with Crippen molar-refractivity contribution in [2.24, 2.45) is 0 Å². The number of benzene rings is 2. The molecule has 0 radical (unpaired) electrons. The Morgan fingerprint density at radius 3 is 2.43 bits per heavy atom. The van der Waals surface area contributed by atoms with Crippen LogP contribution in [0, 0.1) is 0 Å². The zero-order chi connectivity index (χ0) is 20.0. The van der Waals surface area contributed by atoms with Crippen molar-refractivity contribution < 1.29 is 18.0 Å². The molecule has 0 spiro atoms. The number of rotatable bonds is 6. The molecule has 144 valence electrons. The summed E-state index contributed by atoms with van der Waals surface area (Å²) in [5.41, 5.74) is 1.03. The van der Waals surface area contributed by atoms with Gasteiger partial charge in [0.2, 0.25) is 0 Å². The van der Waals surface area contributed by atoms with E-state index in [4.69, 9.17) is 0 Å². The van der Waals surface area contributed by atoms with Gasteiger partial charge in [-0.1, -0.05) is 36.4 Å². The molecule has 0 unspecified atom stereocenters. The fraction of sp³-hybridized carbons (Fsp3) is 0.143. The maximum atomic E-state index is 12.8. The number of amides is 1. The molecule has 0 atom stereocenters. The molecule has 1 aromatic heterocycles. The Kier molecular flexibility index (Phi) is 5.93. The first kappa shape index (κ1) is 19.4. The summed E-state index contributed by atoms with van der Waals surface area (Å²) in [5, 5.41) is 5.62. The summed E-state index contributed by atoms with van der Waals surface area (Å²) in [6.45, 7) is 0.493. The van der Waals surface area contributed by atoms with E-state index in [1.54, 1.807) is 12.1 Å². The first-order chi connectivity index (χ1) is 13.4. The summed E-state index contributed by atoms with van der Waals surface area (Å²) >= 11 is 0. The maximum absolute atomic E-state index is 12.8. The van der Waals surface area contributed by atoms with Crippen LogP contribution in [0.3, 0.4) is 0 Å². The Morgan fingerprint density at radius 2 is 1.75 bits per heavy atom. The van der Waals surface area contributed by atoms with Crippen LogP contribution in [-0.2, 0) is 12.6 Å². The number of halogens is 3. The van der Waals surface area contributed by atoms with E-state index >= 15 is 0 Å². The molecule has 0 aliphatic heterocycles. The van der Waals surface area contributed by atoms with Crippen LogP contribution in [0.4, 0.5) is 24.7 Å². The third-order valence-corrected chi connectivity index (χ3v) is 4.03. The van der Waals surface area contributed by atoms with Crippen LogP contribution in [0.5, 0.6) is 0 Å². The molecule has 0 aliphatic carbocycles. The minimum absolute atomic E-state index is 0.256. The lowest BCUT2D eigenvalue weighted by Gasteiger charge is -2.10. The quantitative estimate of drug-likeness (QED) is 0.640. The van der Waals surface area contributed by atoms with Crippen LogP contribution in [0.15, 0.2) is 72.9 Å². The number of aromatic nitrogens is 1. The Bertz CT molecular complexity index is 926. The molecule has 0 aliphatic rings. The van der Waals surface area contributed by atoms with Gasteiger partial charge >= 0.3 is 6.18 Å². The molecular weight excluding hydrogens is 367 g/mol. The molecule has 0 fully saturated rings. The van der Waals surface area contributed by atoms with Crippen LogP contribution in [0.25, 0.3) is 0 Å². The average Bonchev–Trinajstić information content (AvgIpc) is 2.69. The Labute approximate surface area is 160 Å². The first-order valence-corrected chi connectivity index (χ1v) is 8.64. The second-order valence-corrected chi connectivity index (χ2v) is 6.13. The van der Waals surface area contributed by atoms with Crippen LogP contribution in [0.1, 0.15) is 21.5 Å². The van der Waals surface area contributed by atoms with E-state index < -0.39 is 11.7 Å². The number of hydrogen-bond donors (Lipinski definition) is 2. The van der Waals surface area contributed by atoms with E-state index in [1.807, 2.05) is 30.3 Å². The topological polar surface area (TPSA) is 54.0 Å². The van der Waals surface area contributed by atoms with Gasteiger partial charge in [0.1, 0.15) is 5.82 Å². The second kappa shape index (κ2) is 8.56. The molecule has 0 bridgehead atoms. The number of carbonyl (C=O) groups excluding carboxylic acids is 1. The summed E-state index contributed by atoms with van der Waals surface area (Å²) in [6.07, 6.45) is -2.31. The largest absolute Gasteiger partial charge is 0.416 e. The molecule has 0 saturated heterocycles. The summed E-state index contributed by atoms with van der Waals surface area (Å²) < 4.78 is 38.3. The standard InChI is InChI=1S/C21H18F3N3O/c22-21(23,24)17-7-4-8-18(13-17)27-19-10-9-16(14-26-19)20(28)25-12-11-15-5-2-1-3-6-15/h1-10,13-14H,11-12H2,(H,25,28)(H,26,27). The van der Waals surface area contributed by atoms with Crippen LogP contribution in [0.2, 0.25) is 0 Å². The predicted octanol–water partition coefficient (Wildman–Crippen LogP) is 4.82. The van der Waals surface area contributed by atoms with Gasteiger partial charge in [0.05, 0.1) is 11.1 Å². The monoisotopic (exact) mass is 385 g/mol. The molecular formula is C21H18F3N3O. The highest BCUT2D eigenvalue weighted by atomic mass is 19.4. The Morgan fingerprint density at radius 1 is 0.964 bits per heavy atom. The summed E-state index contributed by atoms with van der Waals surface area (Å²) in [7, 11) is 0. The van der Waals surface area contributed by atoms with Gasteiger partial charge in [-0.15, -0.1) is 0 Å². The molecule has 3 rings (SSSR count). The minimum atomic E-state index is -4.41. The second-order valence-electron chi connectivity index (χ2n) is 6.13. The molecule has 7 heteroatoms. The Hall–Kier alpha value is -3.35. The van der Waals surface area contributed by atoms with Gasteiger partial charge in [-0.25, -0.2) is 4.98 Å². The molecule has 4 nitrogen and oxygen atoms in total. The smallest absolute Gasteiger partial charge is 0.352 e. The SMILES string of the molecule is O=C(NCCc1ccccc1)c1ccc(Nc2cccc(C(F)(F)F)c2)nc1. The van der Waals surface area contributed by atoms with Gasteiger partial charge < -0.3 is 10.6 Å². The van der Waals surface area contributed by atoms with Crippen molar-refractivity contribution in [3.05, 3.63) is 89.6 Å². The summed E-state index contributed by atoms with van der Waals surface area (Å²) in [5.74, 6) is 0.0919. The highest BCUT2D eigenvalue weighted by molar-refractivity contribution is 5.94. The van der Waals surface area contributed by atoms with Gasteiger partial charge in [0, 0.05) is 18.4 Å². The lowest BCUT2D eigenvalue weighted by molar-refractivity contribution is -0.137. The van der Waals surface area contributed by atoms with Crippen molar-refractivity contribution in [2.75, 3.05) is 11.9 Å². The van der Waals surface area contributed by atoms with Gasteiger partial charge in [-0.3, -0.25) is 4.79 Å². The molecule has 2 N–H and O–H groups in total. The maximum Gasteiger partial charge on any atom is 0.416 e. The van der Waals surface area contributed by atoms with Gasteiger partial charge in [-0.05, 0) is 42.3 Å². The normalized spacial score (nSPS) is 11.1.